The number of carbonyl (C=O) groups excluding carboxylic acids is 1. The van der Waals surface area contributed by atoms with Crippen molar-refractivity contribution in [3.8, 4) is 0 Å². The standard InChI is InChI=1S/C26H30FN3O3S/c1-17(2)25-24-21(16-30(25)15-19-4-8-22(27)9-5-19)12-20(14-28-24)26(31)29-13-18-6-10-23(11-7-18)34(3,32)33/h4-12,14,17,25,32-33H,13,15-16H2,1-3H3,(H,29,31). The fourth-order valence-corrected chi connectivity index (χ4v) is 5.05. The van der Waals surface area contributed by atoms with Gasteiger partial charge in [0.15, 0.2) is 0 Å². The van der Waals surface area contributed by atoms with Gasteiger partial charge in [0.2, 0.25) is 0 Å². The van der Waals surface area contributed by atoms with Crippen molar-refractivity contribution in [3.05, 3.63) is 94.6 Å². The first-order valence-corrected chi connectivity index (χ1v) is 13.1. The molecule has 1 atom stereocenters. The molecule has 3 aromatic rings. The molecule has 0 radical (unpaired) electrons. The van der Waals surface area contributed by atoms with Gasteiger partial charge in [0.25, 0.3) is 5.91 Å². The van der Waals surface area contributed by atoms with Crippen molar-refractivity contribution in [1.82, 2.24) is 15.2 Å². The van der Waals surface area contributed by atoms with Gasteiger partial charge < -0.3 is 5.32 Å². The molecule has 1 aliphatic rings. The number of pyridine rings is 1. The Kier molecular flexibility index (Phi) is 7.04. The van der Waals surface area contributed by atoms with Crippen LogP contribution in [0.4, 0.5) is 4.39 Å². The maximum atomic E-state index is 13.3. The van der Waals surface area contributed by atoms with Crippen molar-refractivity contribution in [2.45, 2.75) is 44.4 Å². The molecule has 1 aliphatic heterocycles. The van der Waals surface area contributed by atoms with Crippen molar-refractivity contribution in [2.75, 3.05) is 6.26 Å². The molecular weight excluding hydrogens is 453 g/mol. The van der Waals surface area contributed by atoms with Crippen LogP contribution in [0.25, 0.3) is 0 Å². The zero-order valence-corrected chi connectivity index (χ0v) is 20.3. The van der Waals surface area contributed by atoms with E-state index in [9.17, 15) is 18.3 Å². The summed E-state index contributed by atoms with van der Waals surface area (Å²) in [6.45, 7) is 5.99. The predicted octanol–water partition coefficient (Wildman–Crippen LogP) is 5.60. The zero-order valence-electron chi connectivity index (χ0n) is 19.5. The number of hydrogen-bond donors (Lipinski definition) is 3. The number of rotatable bonds is 7. The van der Waals surface area contributed by atoms with Crippen LogP contribution < -0.4 is 5.32 Å². The van der Waals surface area contributed by atoms with E-state index in [4.69, 9.17) is 0 Å². The van der Waals surface area contributed by atoms with Crippen LogP contribution in [0, 0.1) is 11.7 Å². The first-order chi connectivity index (χ1) is 16.1. The van der Waals surface area contributed by atoms with Gasteiger partial charge in [-0.3, -0.25) is 23.8 Å². The van der Waals surface area contributed by atoms with E-state index in [1.807, 2.05) is 6.07 Å². The highest BCUT2D eigenvalue weighted by atomic mass is 32.3. The summed E-state index contributed by atoms with van der Waals surface area (Å²) in [5, 5.41) is 2.91. The largest absolute Gasteiger partial charge is 0.348 e. The Morgan fingerprint density at radius 1 is 1.15 bits per heavy atom. The smallest absolute Gasteiger partial charge is 0.253 e. The van der Waals surface area contributed by atoms with Crippen molar-refractivity contribution in [3.63, 3.8) is 0 Å². The first-order valence-electron chi connectivity index (χ1n) is 11.2. The monoisotopic (exact) mass is 483 g/mol. The predicted molar refractivity (Wildman–Crippen MR) is 132 cm³/mol. The van der Waals surface area contributed by atoms with E-state index in [-0.39, 0.29) is 17.8 Å². The molecule has 1 unspecified atom stereocenters. The normalized spacial score (nSPS) is 16.5. The van der Waals surface area contributed by atoms with Crippen LogP contribution in [0.2, 0.25) is 0 Å². The van der Waals surface area contributed by atoms with Crippen molar-refractivity contribution >= 4 is 16.5 Å². The first kappa shape index (κ1) is 24.3. The number of hydrogen-bond acceptors (Lipinski definition) is 5. The van der Waals surface area contributed by atoms with E-state index < -0.39 is 10.6 Å². The van der Waals surface area contributed by atoms with Gasteiger partial charge in [-0.05, 0) is 52.9 Å². The third kappa shape index (κ3) is 5.47. The van der Waals surface area contributed by atoms with Gasteiger partial charge in [-0.25, -0.2) is 4.39 Å². The molecule has 0 fully saturated rings. The molecule has 2 heterocycles. The van der Waals surface area contributed by atoms with E-state index in [2.05, 4.69) is 29.0 Å². The van der Waals surface area contributed by atoms with Crippen LogP contribution in [0.15, 0.2) is 65.7 Å². The van der Waals surface area contributed by atoms with Gasteiger partial charge in [-0.1, -0.05) is 38.1 Å². The minimum absolute atomic E-state index is 0.126. The summed E-state index contributed by atoms with van der Waals surface area (Å²) in [7, 11) is -2.75. The zero-order chi connectivity index (χ0) is 24.5. The van der Waals surface area contributed by atoms with Gasteiger partial charge in [0.1, 0.15) is 5.82 Å². The number of nitrogens with one attached hydrogen (secondary N) is 1. The minimum atomic E-state index is -2.75. The van der Waals surface area contributed by atoms with E-state index in [0.717, 1.165) is 22.4 Å². The maximum absolute atomic E-state index is 13.3. The summed E-state index contributed by atoms with van der Waals surface area (Å²) in [6.07, 6.45) is 3.01. The van der Waals surface area contributed by atoms with Crippen LogP contribution in [-0.4, -0.2) is 31.2 Å². The SMILES string of the molecule is CC(C)C1c2ncc(C(=O)NCc3ccc(S(C)(O)O)cc3)cc2CN1Cc1ccc(F)cc1. The second-order valence-electron chi connectivity index (χ2n) is 9.15. The Labute approximate surface area is 201 Å². The van der Waals surface area contributed by atoms with E-state index >= 15 is 0 Å². The summed E-state index contributed by atoms with van der Waals surface area (Å²) >= 11 is 0. The Bertz CT molecular complexity index is 1160. The Balaban J connectivity index is 1.45. The number of nitrogens with zero attached hydrogens (tertiary/aromatic N) is 2. The average molecular weight is 484 g/mol. The molecule has 0 bridgehead atoms. The maximum Gasteiger partial charge on any atom is 0.253 e. The summed E-state index contributed by atoms with van der Waals surface area (Å²) in [5.74, 6) is -0.126. The van der Waals surface area contributed by atoms with Crippen molar-refractivity contribution in [2.24, 2.45) is 5.92 Å². The molecule has 34 heavy (non-hydrogen) atoms. The van der Waals surface area contributed by atoms with E-state index in [1.54, 1.807) is 42.6 Å². The van der Waals surface area contributed by atoms with Crippen LogP contribution in [0.3, 0.4) is 0 Å². The third-order valence-corrected chi connectivity index (χ3v) is 7.23. The Hall–Kier alpha value is -2.78. The molecule has 0 saturated carbocycles. The summed E-state index contributed by atoms with van der Waals surface area (Å²) in [4.78, 5) is 20.2. The summed E-state index contributed by atoms with van der Waals surface area (Å²) in [6, 6.07) is 15.5. The summed E-state index contributed by atoms with van der Waals surface area (Å²) in [5.41, 5.74) is 4.42. The van der Waals surface area contributed by atoms with Crippen LogP contribution in [0.5, 0.6) is 0 Å². The molecule has 0 saturated heterocycles. The number of benzene rings is 2. The lowest BCUT2D eigenvalue weighted by molar-refractivity contribution is 0.0950. The molecule has 2 aromatic carbocycles. The van der Waals surface area contributed by atoms with Gasteiger partial charge in [0, 0.05) is 32.1 Å². The highest BCUT2D eigenvalue weighted by Gasteiger charge is 2.34. The van der Waals surface area contributed by atoms with Crippen LogP contribution in [-0.2, 0) is 19.6 Å². The molecule has 0 spiro atoms. The van der Waals surface area contributed by atoms with Gasteiger partial charge in [-0.2, -0.15) is 10.6 Å². The second kappa shape index (κ2) is 9.84. The number of aromatic nitrogens is 1. The quantitative estimate of drug-likeness (QED) is 0.407. The molecule has 3 N–H and O–H groups in total. The third-order valence-electron chi connectivity index (χ3n) is 6.06. The second-order valence-corrected chi connectivity index (χ2v) is 11.3. The number of halogens is 1. The minimum Gasteiger partial charge on any atom is -0.348 e. The molecule has 180 valence electrons. The number of carbonyl (C=O) groups is 1. The number of fused-ring (bicyclic) bond motifs is 1. The Morgan fingerprint density at radius 2 is 1.79 bits per heavy atom. The van der Waals surface area contributed by atoms with E-state index in [1.165, 1.54) is 18.4 Å². The van der Waals surface area contributed by atoms with Crippen molar-refractivity contribution < 1.29 is 18.3 Å². The summed E-state index contributed by atoms with van der Waals surface area (Å²) < 4.78 is 32.8. The van der Waals surface area contributed by atoms with Gasteiger partial charge in [0.05, 0.1) is 22.2 Å². The highest BCUT2D eigenvalue weighted by Crippen LogP contribution is 2.43. The van der Waals surface area contributed by atoms with Crippen LogP contribution in [0.1, 0.15) is 52.6 Å². The van der Waals surface area contributed by atoms with Gasteiger partial charge in [-0.15, -0.1) is 0 Å². The highest BCUT2D eigenvalue weighted by molar-refractivity contribution is 8.23. The lowest BCUT2D eigenvalue weighted by Crippen LogP contribution is -2.25. The average Bonchev–Trinajstić information content (AvgIpc) is 3.16. The molecule has 4 rings (SSSR count). The fourth-order valence-electron chi connectivity index (χ4n) is 4.39. The number of amides is 1. The molecule has 1 aromatic heterocycles. The van der Waals surface area contributed by atoms with Crippen molar-refractivity contribution in [1.29, 1.82) is 0 Å². The fraction of sp³-hybridized carbons (Fsp3) is 0.308. The van der Waals surface area contributed by atoms with Crippen LogP contribution >= 0.6 is 10.6 Å². The lowest BCUT2D eigenvalue weighted by atomic mass is 9.99. The molecular formula is C26H30FN3O3S. The molecule has 6 nitrogen and oxygen atoms in total. The van der Waals surface area contributed by atoms with E-state index in [0.29, 0.717) is 36.0 Å². The van der Waals surface area contributed by atoms with Gasteiger partial charge >= 0.3 is 0 Å². The topological polar surface area (TPSA) is 85.7 Å². The lowest BCUT2D eigenvalue weighted by Gasteiger charge is -2.27. The Morgan fingerprint density at radius 3 is 2.41 bits per heavy atom. The molecule has 8 heteroatoms. The molecule has 1 amide bonds. The molecule has 0 aliphatic carbocycles.